The lowest BCUT2D eigenvalue weighted by Crippen LogP contribution is -2.29. The molecule has 0 rings (SSSR count). The third-order valence-electron chi connectivity index (χ3n) is 15.4. The maximum atomic E-state index is 12.7. The Balaban J connectivity index is 3.82. The Morgan fingerprint density at radius 3 is 0.934 bits per heavy atom. The quantitative estimate of drug-likeness (QED) is 0.0264. The van der Waals surface area contributed by atoms with E-state index in [2.05, 4.69) is 26.0 Å². The Bertz CT molecular complexity index is 1250. The van der Waals surface area contributed by atoms with Crippen LogP contribution < -0.4 is 5.73 Å². The van der Waals surface area contributed by atoms with Gasteiger partial charge in [-0.3, -0.25) is 18.6 Å². The van der Waals surface area contributed by atoms with Crippen molar-refractivity contribution in [2.24, 2.45) is 5.73 Å². The Kier molecular flexibility index (Phi) is 61.9. The van der Waals surface area contributed by atoms with E-state index in [1.807, 2.05) is 0 Å². The average molecular weight is 1100 g/mol. The minimum Gasteiger partial charge on any atom is -0.462 e. The fourth-order valence-electron chi connectivity index (χ4n) is 10.4. The van der Waals surface area contributed by atoms with E-state index in [4.69, 9.17) is 24.3 Å². The number of phosphoric acid groups is 1. The second-order valence-corrected chi connectivity index (χ2v) is 24.5. The van der Waals surface area contributed by atoms with Gasteiger partial charge < -0.3 is 20.1 Å². The van der Waals surface area contributed by atoms with Crippen LogP contribution in [0, 0.1) is 0 Å². The molecule has 0 aliphatic rings. The van der Waals surface area contributed by atoms with Crippen LogP contribution in [-0.2, 0) is 32.7 Å². The highest BCUT2D eigenvalue weighted by Crippen LogP contribution is 2.43. The second-order valence-electron chi connectivity index (χ2n) is 23.1. The summed E-state index contributed by atoms with van der Waals surface area (Å²) < 4.78 is 33.2. The van der Waals surface area contributed by atoms with Gasteiger partial charge in [0.15, 0.2) is 6.10 Å². The Morgan fingerprint density at radius 1 is 0.382 bits per heavy atom. The summed E-state index contributed by atoms with van der Waals surface area (Å²) in [6, 6.07) is 0. The standard InChI is InChI=1S/C66H130NO8P/c1-3-5-7-9-11-13-15-17-19-21-23-25-27-29-30-31-32-33-34-35-37-39-41-43-45-47-49-51-53-55-57-59-66(69)75-64(63-74-76(70,71)73-61-60-67)62-72-65(68)58-56-54-52-50-48-46-44-42-40-38-36-28-26-24-22-20-18-16-14-12-10-8-6-4-2/h21,23,64H,3-20,22,24-63,67H2,1-2H3,(H,70,71)/b23-21-. The van der Waals surface area contributed by atoms with E-state index in [9.17, 15) is 19.0 Å². The largest absolute Gasteiger partial charge is 0.472 e. The minimum absolute atomic E-state index is 0.0578. The number of allylic oxidation sites excluding steroid dienone is 2. The molecular weight excluding hydrogens is 966 g/mol. The van der Waals surface area contributed by atoms with E-state index < -0.39 is 26.5 Å². The average Bonchev–Trinajstić information content (AvgIpc) is 3.41. The number of carbonyl (C=O) groups excluding carboxylic acids is 2. The smallest absolute Gasteiger partial charge is 0.462 e. The summed E-state index contributed by atoms with van der Waals surface area (Å²) in [5.41, 5.74) is 5.40. The van der Waals surface area contributed by atoms with Crippen LogP contribution in [0.5, 0.6) is 0 Å². The van der Waals surface area contributed by atoms with E-state index >= 15 is 0 Å². The number of phosphoric ester groups is 1. The van der Waals surface area contributed by atoms with E-state index in [-0.39, 0.29) is 38.6 Å². The van der Waals surface area contributed by atoms with Gasteiger partial charge in [0, 0.05) is 19.4 Å². The molecule has 2 atom stereocenters. The summed E-state index contributed by atoms with van der Waals surface area (Å²) in [6.45, 7) is 3.83. The number of nitrogens with two attached hydrogens (primary N) is 1. The SMILES string of the molecule is CCCCCCCCCC/C=C\CCCCCCCCCCCCCCCCCCCCCC(=O)OC(COC(=O)CCCCCCCCCCCCCCCCCCCCCCCCCC)COP(=O)(O)OCCN. The van der Waals surface area contributed by atoms with Gasteiger partial charge in [-0.25, -0.2) is 4.57 Å². The number of carbonyl (C=O) groups is 2. The van der Waals surface area contributed by atoms with Crippen molar-refractivity contribution in [3.8, 4) is 0 Å². The monoisotopic (exact) mass is 1100 g/mol. The number of ether oxygens (including phenoxy) is 2. The number of esters is 2. The van der Waals surface area contributed by atoms with Gasteiger partial charge in [0.2, 0.25) is 0 Å². The summed E-state index contributed by atoms with van der Waals surface area (Å²) in [7, 11) is -4.39. The lowest BCUT2D eigenvalue weighted by atomic mass is 10.0. The molecule has 0 radical (unpaired) electrons. The van der Waals surface area contributed by atoms with Crippen LogP contribution in [0.2, 0.25) is 0 Å². The van der Waals surface area contributed by atoms with Crippen molar-refractivity contribution in [3.63, 3.8) is 0 Å². The lowest BCUT2D eigenvalue weighted by molar-refractivity contribution is -0.161. The van der Waals surface area contributed by atoms with Gasteiger partial charge in [-0.2, -0.15) is 0 Å². The summed E-state index contributed by atoms with van der Waals surface area (Å²) in [4.78, 5) is 35.3. The molecule has 0 saturated heterocycles. The van der Waals surface area contributed by atoms with Crippen molar-refractivity contribution in [1.29, 1.82) is 0 Å². The molecule has 10 heteroatoms. The molecule has 3 N–H and O–H groups in total. The van der Waals surface area contributed by atoms with Crippen molar-refractivity contribution in [2.75, 3.05) is 26.4 Å². The highest BCUT2D eigenvalue weighted by Gasteiger charge is 2.26. The maximum absolute atomic E-state index is 12.7. The predicted molar refractivity (Wildman–Crippen MR) is 326 cm³/mol. The Labute approximate surface area is 472 Å². The molecular formula is C66H130NO8P. The fourth-order valence-corrected chi connectivity index (χ4v) is 11.2. The van der Waals surface area contributed by atoms with Gasteiger partial charge >= 0.3 is 19.8 Å². The zero-order chi connectivity index (χ0) is 55.2. The Morgan fingerprint density at radius 2 is 0.645 bits per heavy atom. The highest BCUT2D eigenvalue weighted by molar-refractivity contribution is 7.47. The fraction of sp³-hybridized carbons (Fsp3) is 0.939. The van der Waals surface area contributed by atoms with Gasteiger partial charge in [0.05, 0.1) is 13.2 Å². The molecule has 76 heavy (non-hydrogen) atoms. The second kappa shape index (κ2) is 62.9. The van der Waals surface area contributed by atoms with E-state index in [1.54, 1.807) is 0 Å². The summed E-state index contributed by atoms with van der Waals surface area (Å²) in [5.74, 6) is -0.801. The minimum atomic E-state index is -4.39. The van der Waals surface area contributed by atoms with Crippen molar-refractivity contribution >= 4 is 19.8 Å². The van der Waals surface area contributed by atoms with Gasteiger partial charge in [0.1, 0.15) is 6.61 Å². The van der Waals surface area contributed by atoms with Gasteiger partial charge in [-0.1, -0.05) is 328 Å². The van der Waals surface area contributed by atoms with Crippen LogP contribution in [0.25, 0.3) is 0 Å². The van der Waals surface area contributed by atoms with Gasteiger partial charge in [-0.05, 0) is 38.5 Å². The highest BCUT2D eigenvalue weighted by atomic mass is 31.2. The van der Waals surface area contributed by atoms with Crippen LogP contribution in [0.1, 0.15) is 367 Å². The first kappa shape index (κ1) is 74.8. The van der Waals surface area contributed by atoms with Crippen LogP contribution in [-0.4, -0.2) is 49.3 Å². The molecule has 0 amide bonds. The third kappa shape index (κ3) is 62.0. The number of hydrogen-bond donors (Lipinski definition) is 2. The number of hydrogen-bond acceptors (Lipinski definition) is 8. The maximum Gasteiger partial charge on any atom is 0.472 e. The van der Waals surface area contributed by atoms with Crippen molar-refractivity contribution in [3.05, 3.63) is 12.2 Å². The number of rotatable bonds is 65. The summed E-state index contributed by atoms with van der Waals surface area (Å²) >= 11 is 0. The van der Waals surface area contributed by atoms with Crippen LogP contribution in [0.4, 0.5) is 0 Å². The molecule has 0 saturated carbocycles. The van der Waals surface area contributed by atoms with Gasteiger partial charge in [-0.15, -0.1) is 0 Å². The van der Waals surface area contributed by atoms with Crippen molar-refractivity contribution in [2.45, 2.75) is 373 Å². The summed E-state index contributed by atoms with van der Waals surface area (Å²) in [5, 5.41) is 0. The molecule has 452 valence electrons. The molecule has 2 unspecified atom stereocenters. The van der Waals surface area contributed by atoms with Gasteiger partial charge in [0.25, 0.3) is 0 Å². The van der Waals surface area contributed by atoms with Crippen LogP contribution >= 0.6 is 7.82 Å². The zero-order valence-electron chi connectivity index (χ0n) is 50.8. The predicted octanol–water partition coefficient (Wildman–Crippen LogP) is 21.6. The molecule has 0 aliphatic heterocycles. The third-order valence-corrected chi connectivity index (χ3v) is 16.4. The van der Waals surface area contributed by atoms with Crippen molar-refractivity contribution in [1.82, 2.24) is 0 Å². The molecule has 0 aromatic rings. The first-order chi connectivity index (χ1) is 37.3. The number of unbranched alkanes of at least 4 members (excludes halogenated alkanes) is 50. The molecule has 0 aliphatic carbocycles. The molecule has 9 nitrogen and oxygen atoms in total. The zero-order valence-corrected chi connectivity index (χ0v) is 51.7. The van der Waals surface area contributed by atoms with Crippen molar-refractivity contribution < 1.29 is 37.6 Å². The molecule has 0 aromatic carbocycles. The normalized spacial score (nSPS) is 12.9. The van der Waals surface area contributed by atoms with Crippen LogP contribution in [0.3, 0.4) is 0 Å². The van der Waals surface area contributed by atoms with Crippen LogP contribution in [0.15, 0.2) is 12.2 Å². The molecule has 0 heterocycles. The molecule has 0 bridgehead atoms. The lowest BCUT2D eigenvalue weighted by Gasteiger charge is -2.19. The van der Waals surface area contributed by atoms with E-state index in [0.29, 0.717) is 6.42 Å². The molecule has 0 aromatic heterocycles. The van der Waals surface area contributed by atoms with E-state index in [1.165, 1.54) is 302 Å². The molecule has 0 fully saturated rings. The summed E-state index contributed by atoms with van der Waals surface area (Å²) in [6.07, 6.45) is 74.5. The first-order valence-corrected chi connectivity index (χ1v) is 35.2. The first-order valence-electron chi connectivity index (χ1n) is 33.7. The topological polar surface area (TPSA) is 134 Å². The molecule has 0 spiro atoms. The van der Waals surface area contributed by atoms with E-state index in [0.717, 1.165) is 32.1 Å². The Hall–Kier alpha value is -1.25.